The average Bonchev–Trinajstić information content (AvgIpc) is 3.01. The van der Waals surface area contributed by atoms with E-state index in [1.54, 1.807) is 0 Å². The van der Waals surface area contributed by atoms with Gasteiger partial charge < -0.3 is 5.11 Å². The van der Waals surface area contributed by atoms with Crippen LogP contribution >= 0.6 is 0 Å². The lowest BCUT2D eigenvalue weighted by Gasteiger charge is -2.15. The van der Waals surface area contributed by atoms with Crippen LogP contribution in [0.5, 0.6) is 0 Å². The second kappa shape index (κ2) is 4.85. The lowest BCUT2D eigenvalue weighted by atomic mass is 10.1. The van der Waals surface area contributed by atoms with Crippen molar-refractivity contribution in [3.63, 3.8) is 0 Å². The summed E-state index contributed by atoms with van der Waals surface area (Å²) in [6.07, 6.45) is 5.12. The van der Waals surface area contributed by atoms with E-state index in [2.05, 4.69) is 24.2 Å². The summed E-state index contributed by atoms with van der Waals surface area (Å²) in [5.74, 6) is -0.322. The molecule has 1 heterocycles. The summed E-state index contributed by atoms with van der Waals surface area (Å²) in [6, 6.07) is 0.268. The monoisotopic (exact) mass is 237 g/mol. The molecule has 0 radical (unpaired) electrons. The first-order valence-corrected chi connectivity index (χ1v) is 6.34. The zero-order valence-corrected chi connectivity index (χ0v) is 10.4. The van der Waals surface area contributed by atoms with E-state index >= 15 is 0 Å². The number of hydrogen-bond donors (Lipinski definition) is 1. The van der Waals surface area contributed by atoms with Crippen molar-refractivity contribution >= 4 is 5.97 Å². The number of aromatic carboxylic acids is 1. The lowest BCUT2D eigenvalue weighted by Crippen LogP contribution is -2.14. The summed E-state index contributed by atoms with van der Waals surface area (Å²) in [5.41, 5.74) is 0.956. The van der Waals surface area contributed by atoms with E-state index in [0.717, 1.165) is 25.0 Å². The number of hydrogen-bond acceptors (Lipinski definition) is 3. The summed E-state index contributed by atoms with van der Waals surface area (Å²) in [4.78, 5) is 11.1. The van der Waals surface area contributed by atoms with Crippen molar-refractivity contribution < 1.29 is 9.90 Å². The first-order chi connectivity index (χ1) is 8.17. The highest BCUT2D eigenvalue weighted by Crippen LogP contribution is 2.34. The molecule has 1 saturated carbocycles. The Morgan fingerprint density at radius 2 is 2.12 bits per heavy atom. The van der Waals surface area contributed by atoms with Gasteiger partial charge in [0.25, 0.3) is 0 Å². The number of carboxylic acid groups (broad SMARTS) is 1. The smallest absolute Gasteiger partial charge is 0.358 e. The molecule has 5 heteroatoms. The molecular formula is C12H19N3O2. The topological polar surface area (TPSA) is 68.0 Å². The van der Waals surface area contributed by atoms with Gasteiger partial charge in [-0.2, -0.15) is 0 Å². The highest BCUT2D eigenvalue weighted by Gasteiger charge is 2.29. The van der Waals surface area contributed by atoms with Gasteiger partial charge in [-0.3, -0.25) is 0 Å². The van der Waals surface area contributed by atoms with E-state index in [-0.39, 0.29) is 11.7 Å². The van der Waals surface area contributed by atoms with Gasteiger partial charge in [0.1, 0.15) is 0 Å². The molecule has 0 unspecified atom stereocenters. The molecular weight excluding hydrogens is 218 g/mol. The molecule has 1 N–H and O–H groups in total. The molecule has 1 aromatic heterocycles. The van der Waals surface area contributed by atoms with Gasteiger partial charge in [0.15, 0.2) is 5.69 Å². The fourth-order valence-corrected chi connectivity index (χ4v) is 2.19. The zero-order valence-electron chi connectivity index (χ0n) is 10.4. The first kappa shape index (κ1) is 12.1. The van der Waals surface area contributed by atoms with E-state index in [1.807, 2.05) is 4.68 Å². The predicted octanol–water partition coefficient (Wildman–Crippen LogP) is 2.29. The molecule has 0 aromatic carbocycles. The quantitative estimate of drug-likeness (QED) is 0.824. The van der Waals surface area contributed by atoms with Crippen molar-refractivity contribution in [2.75, 3.05) is 0 Å². The Balaban J connectivity index is 2.32. The molecule has 0 atom stereocenters. The van der Waals surface area contributed by atoms with Crippen LogP contribution in [-0.4, -0.2) is 26.1 Å². The molecule has 1 fully saturated rings. The molecule has 94 valence electrons. The maximum atomic E-state index is 11.1. The van der Waals surface area contributed by atoms with Crippen LogP contribution in [0.15, 0.2) is 0 Å². The minimum atomic E-state index is -0.960. The number of rotatable bonds is 6. The zero-order chi connectivity index (χ0) is 12.4. The Labute approximate surface area is 101 Å². The van der Waals surface area contributed by atoms with Crippen LogP contribution in [0.1, 0.15) is 61.8 Å². The molecule has 0 spiro atoms. The van der Waals surface area contributed by atoms with Crippen LogP contribution in [0.25, 0.3) is 0 Å². The fraction of sp³-hybridized carbons (Fsp3) is 0.750. The van der Waals surface area contributed by atoms with Crippen LogP contribution in [0.2, 0.25) is 0 Å². The van der Waals surface area contributed by atoms with Gasteiger partial charge in [0, 0.05) is 0 Å². The Hall–Kier alpha value is -1.39. The van der Waals surface area contributed by atoms with Gasteiger partial charge in [0.2, 0.25) is 0 Å². The van der Waals surface area contributed by atoms with Gasteiger partial charge >= 0.3 is 5.97 Å². The number of carbonyl (C=O) groups is 1. The van der Waals surface area contributed by atoms with Gasteiger partial charge in [0.05, 0.1) is 11.7 Å². The third-order valence-electron chi connectivity index (χ3n) is 3.46. The lowest BCUT2D eigenvalue weighted by molar-refractivity contribution is 0.0689. The summed E-state index contributed by atoms with van der Waals surface area (Å²) >= 11 is 0. The molecule has 0 aliphatic heterocycles. The first-order valence-electron chi connectivity index (χ1n) is 6.34. The van der Waals surface area contributed by atoms with Gasteiger partial charge in [-0.25, -0.2) is 9.48 Å². The van der Waals surface area contributed by atoms with E-state index < -0.39 is 5.97 Å². The van der Waals surface area contributed by atoms with Crippen molar-refractivity contribution in [3.8, 4) is 0 Å². The van der Waals surface area contributed by atoms with Crippen LogP contribution in [-0.2, 0) is 6.42 Å². The van der Waals surface area contributed by atoms with E-state index in [1.165, 1.54) is 12.8 Å². The van der Waals surface area contributed by atoms with E-state index in [9.17, 15) is 4.79 Å². The normalized spacial score (nSPS) is 15.5. The Morgan fingerprint density at radius 1 is 1.47 bits per heavy atom. The molecule has 1 aliphatic rings. The Kier molecular flexibility index (Phi) is 3.45. The minimum Gasteiger partial charge on any atom is -0.476 e. The largest absolute Gasteiger partial charge is 0.476 e. The second-order valence-electron chi connectivity index (χ2n) is 4.75. The summed E-state index contributed by atoms with van der Waals surface area (Å²) in [7, 11) is 0. The Morgan fingerprint density at radius 3 is 2.59 bits per heavy atom. The van der Waals surface area contributed by atoms with Crippen molar-refractivity contribution in [3.05, 3.63) is 11.4 Å². The highest BCUT2D eigenvalue weighted by atomic mass is 16.4. The fourth-order valence-electron chi connectivity index (χ4n) is 2.19. The highest BCUT2D eigenvalue weighted by molar-refractivity contribution is 5.86. The standard InChI is InChI=1S/C12H19N3O2/c1-3-9(4-2)15-10(7-8-5-6-8)11(12(16)17)13-14-15/h8-9H,3-7H2,1-2H3,(H,16,17). The molecule has 0 bridgehead atoms. The molecule has 1 aromatic rings. The van der Waals surface area contributed by atoms with E-state index in [0.29, 0.717) is 5.92 Å². The van der Waals surface area contributed by atoms with Gasteiger partial charge in [-0.05, 0) is 38.0 Å². The number of nitrogens with zero attached hydrogens (tertiary/aromatic N) is 3. The third kappa shape index (κ3) is 2.48. The van der Waals surface area contributed by atoms with E-state index in [4.69, 9.17) is 5.11 Å². The molecule has 1 aliphatic carbocycles. The molecule has 5 nitrogen and oxygen atoms in total. The molecule has 17 heavy (non-hydrogen) atoms. The molecule has 2 rings (SSSR count). The van der Waals surface area contributed by atoms with Crippen molar-refractivity contribution in [1.82, 2.24) is 15.0 Å². The Bertz CT molecular complexity index is 406. The van der Waals surface area contributed by atoms with Crippen LogP contribution in [0.4, 0.5) is 0 Å². The van der Waals surface area contributed by atoms with Crippen molar-refractivity contribution in [1.29, 1.82) is 0 Å². The third-order valence-corrected chi connectivity index (χ3v) is 3.46. The second-order valence-corrected chi connectivity index (χ2v) is 4.75. The van der Waals surface area contributed by atoms with Crippen molar-refractivity contribution in [2.24, 2.45) is 5.92 Å². The summed E-state index contributed by atoms with van der Waals surface area (Å²) < 4.78 is 1.84. The molecule has 0 saturated heterocycles. The minimum absolute atomic E-state index is 0.142. The number of carboxylic acids is 1. The predicted molar refractivity (Wildman–Crippen MR) is 63.0 cm³/mol. The van der Waals surface area contributed by atoms with Gasteiger partial charge in [-0.15, -0.1) is 5.10 Å². The maximum absolute atomic E-state index is 11.1. The van der Waals surface area contributed by atoms with Crippen LogP contribution < -0.4 is 0 Å². The average molecular weight is 237 g/mol. The number of aromatic nitrogens is 3. The van der Waals surface area contributed by atoms with Gasteiger partial charge in [-0.1, -0.05) is 19.1 Å². The van der Waals surface area contributed by atoms with Crippen LogP contribution in [0, 0.1) is 5.92 Å². The van der Waals surface area contributed by atoms with Crippen molar-refractivity contribution in [2.45, 2.75) is 52.0 Å². The summed E-state index contributed by atoms with van der Waals surface area (Å²) in [6.45, 7) is 4.19. The molecule has 0 amide bonds. The SMILES string of the molecule is CCC(CC)n1nnc(C(=O)O)c1CC1CC1. The van der Waals surface area contributed by atoms with Crippen LogP contribution in [0.3, 0.4) is 0 Å². The maximum Gasteiger partial charge on any atom is 0.358 e. The summed E-state index contributed by atoms with van der Waals surface area (Å²) in [5, 5.41) is 17.0.